The number of carbonyl (C=O) groups is 1. The molecule has 25 heavy (non-hydrogen) atoms. The van der Waals surface area contributed by atoms with E-state index >= 15 is 0 Å². The maximum Gasteiger partial charge on any atom is 0.242 e. The number of halogens is 1. The highest BCUT2D eigenvalue weighted by molar-refractivity contribution is 8.24. The molecule has 1 atom stereocenters. The number of rotatable bonds is 4. The van der Waals surface area contributed by atoms with E-state index in [-0.39, 0.29) is 23.8 Å². The van der Waals surface area contributed by atoms with Gasteiger partial charge in [-0.25, -0.2) is 4.39 Å². The van der Waals surface area contributed by atoms with Gasteiger partial charge in [0.1, 0.15) is 10.1 Å². The van der Waals surface area contributed by atoms with Crippen LogP contribution in [-0.4, -0.2) is 27.2 Å². The molecule has 2 heterocycles. The summed E-state index contributed by atoms with van der Waals surface area (Å²) in [6.45, 7) is 0.591. The topological polar surface area (TPSA) is 38.8 Å². The fraction of sp³-hybridized carbons (Fsp3) is 0.222. The van der Waals surface area contributed by atoms with E-state index in [0.717, 1.165) is 16.9 Å². The summed E-state index contributed by atoms with van der Waals surface area (Å²) in [6, 6.07) is 11.8. The minimum absolute atomic E-state index is 0.0167. The van der Waals surface area contributed by atoms with Crippen LogP contribution < -0.4 is 9.47 Å². The van der Waals surface area contributed by atoms with E-state index in [1.54, 1.807) is 17.0 Å². The van der Waals surface area contributed by atoms with E-state index in [4.69, 9.17) is 21.7 Å². The van der Waals surface area contributed by atoms with Gasteiger partial charge in [-0.2, -0.15) is 0 Å². The molecule has 0 aliphatic carbocycles. The molecule has 0 bridgehead atoms. The summed E-state index contributed by atoms with van der Waals surface area (Å²) in [7, 11) is 0. The Hall–Kier alpha value is -2.12. The van der Waals surface area contributed by atoms with Crippen LogP contribution in [0.3, 0.4) is 0 Å². The first-order valence-electron chi connectivity index (χ1n) is 7.75. The smallest absolute Gasteiger partial charge is 0.242 e. The molecule has 2 aromatic rings. The number of nitrogens with zero attached hydrogens (tertiary/aromatic N) is 1. The number of thiocarbonyl (C=S) groups is 1. The molecule has 0 N–H and O–H groups in total. The zero-order valence-corrected chi connectivity index (χ0v) is 14.7. The van der Waals surface area contributed by atoms with Gasteiger partial charge in [-0.3, -0.25) is 9.69 Å². The molecular formula is C18H14FNO3S2. The first-order chi connectivity index (χ1) is 12.1. The van der Waals surface area contributed by atoms with Crippen LogP contribution >= 0.6 is 24.0 Å². The van der Waals surface area contributed by atoms with Crippen LogP contribution in [0, 0.1) is 5.82 Å². The Kier molecular flexibility index (Phi) is 4.35. The van der Waals surface area contributed by atoms with Gasteiger partial charge in [0.25, 0.3) is 0 Å². The molecule has 2 aliphatic heterocycles. The lowest BCUT2D eigenvalue weighted by atomic mass is 10.1. The fourth-order valence-corrected chi connectivity index (χ4v) is 4.36. The van der Waals surface area contributed by atoms with Gasteiger partial charge in [0.15, 0.2) is 11.5 Å². The summed E-state index contributed by atoms with van der Waals surface area (Å²) in [6.07, 6.45) is 0.570. The summed E-state index contributed by atoms with van der Waals surface area (Å²) in [5.41, 5.74) is 1.85. The Morgan fingerprint density at radius 3 is 2.64 bits per heavy atom. The number of ether oxygens (including phenoxy) is 2. The standard InChI is InChI=1S/C18H14FNO3S2/c19-13-4-1-11(2-5-13)9-20-17(21)16(25-18(20)24)8-12-3-6-14-15(7-12)23-10-22-14/h1-7,16H,8-10H2/t16-/m1/s1. The zero-order valence-electron chi connectivity index (χ0n) is 13.1. The maximum atomic E-state index is 13.0. The first kappa shape index (κ1) is 16.4. The summed E-state index contributed by atoms with van der Waals surface area (Å²) in [5, 5.41) is -0.256. The molecule has 4 rings (SSSR count). The Balaban J connectivity index is 1.46. The molecule has 0 radical (unpaired) electrons. The predicted octanol–water partition coefficient (Wildman–Crippen LogP) is 3.53. The average molecular weight is 375 g/mol. The van der Waals surface area contributed by atoms with Crippen LogP contribution in [0.2, 0.25) is 0 Å². The third kappa shape index (κ3) is 3.34. The molecule has 1 saturated heterocycles. The van der Waals surface area contributed by atoms with Gasteiger partial charge in [-0.05, 0) is 41.8 Å². The summed E-state index contributed by atoms with van der Waals surface area (Å²) in [5.74, 6) is 1.12. The maximum absolute atomic E-state index is 13.0. The minimum Gasteiger partial charge on any atom is -0.454 e. The summed E-state index contributed by atoms with van der Waals surface area (Å²) < 4.78 is 24.3. The fourth-order valence-electron chi connectivity index (χ4n) is 2.83. The minimum atomic E-state index is -0.297. The first-order valence-corrected chi connectivity index (χ1v) is 9.04. The average Bonchev–Trinajstić information content (AvgIpc) is 3.16. The van der Waals surface area contributed by atoms with Crippen molar-refractivity contribution in [3.8, 4) is 11.5 Å². The zero-order chi connectivity index (χ0) is 17.4. The van der Waals surface area contributed by atoms with E-state index < -0.39 is 0 Å². The summed E-state index contributed by atoms with van der Waals surface area (Å²) in [4.78, 5) is 14.3. The van der Waals surface area contributed by atoms with E-state index in [2.05, 4.69) is 0 Å². The van der Waals surface area contributed by atoms with Crippen LogP contribution in [-0.2, 0) is 17.8 Å². The number of amides is 1. The van der Waals surface area contributed by atoms with Crippen molar-refractivity contribution in [2.24, 2.45) is 0 Å². The molecule has 1 fully saturated rings. The lowest BCUT2D eigenvalue weighted by Gasteiger charge is -2.15. The lowest BCUT2D eigenvalue weighted by Crippen LogP contribution is -2.31. The van der Waals surface area contributed by atoms with Crippen LogP contribution in [0.4, 0.5) is 4.39 Å². The Labute approximate surface area is 153 Å². The molecule has 2 aromatic carbocycles. The van der Waals surface area contributed by atoms with E-state index in [0.29, 0.717) is 23.0 Å². The van der Waals surface area contributed by atoms with Crippen LogP contribution in [0.5, 0.6) is 11.5 Å². The van der Waals surface area contributed by atoms with Crippen molar-refractivity contribution in [2.75, 3.05) is 6.79 Å². The van der Waals surface area contributed by atoms with Crippen molar-refractivity contribution in [3.05, 3.63) is 59.4 Å². The van der Waals surface area contributed by atoms with Crippen LogP contribution in [0.1, 0.15) is 11.1 Å². The van der Waals surface area contributed by atoms with Crippen LogP contribution in [0.25, 0.3) is 0 Å². The van der Waals surface area contributed by atoms with E-state index in [1.807, 2.05) is 18.2 Å². The number of carbonyl (C=O) groups excluding carboxylic acids is 1. The lowest BCUT2D eigenvalue weighted by molar-refractivity contribution is -0.126. The number of thioether (sulfide) groups is 1. The van der Waals surface area contributed by atoms with Gasteiger partial charge in [-0.1, -0.05) is 42.2 Å². The van der Waals surface area contributed by atoms with Crippen molar-refractivity contribution < 1.29 is 18.7 Å². The Morgan fingerprint density at radius 2 is 1.84 bits per heavy atom. The normalized spacial score (nSPS) is 18.9. The van der Waals surface area contributed by atoms with Gasteiger partial charge >= 0.3 is 0 Å². The van der Waals surface area contributed by atoms with Crippen molar-refractivity contribution in [2.45, 2.75) is 18.2 Å². The van der Waals surface area contributed by atoms with Crippen molar-refractivity contribution in [1.82, 2.24) is 4.90 Å². The van der Waals surface area contributed by atoms with Gasteiger partial charge in [0, 0.05) is 0 Å². The summed E-state index contributed by atoms with van der Waals surface area (Å²) >= 11 is 6.76. The Bertz CT molecular complexity index is 841. The highest BCUT2D eigenvalue weighted by Crippen LogP contribution is 2.35. The van der Waals surface area contributed by atoms with Gasteiger partial charge < -0.3 is 9.47 Å². The quantitative estimate of drug-likeness (QED) is 0.765. The Morgan fingerprint density at radius 1 is 1.12 bits per heavy atom. The molecule has 0 spiro atoms. The second-order valence-electron chi connectivity index (χ2n) is 5.81. The molecule has 2 aliphatic rings. The van der Waals surface area contributed by atoms with Crippen LogP contribution in [0.15, 0.2) is 42.5 Å². The van der Waals surface area contributed by atoms with Gasteiger partial charge in [-0.15, -0.1) is 0 Å². The highest BCUT2D eigenvalue weighted by atomic mass is 32.2. The van der Waals surface area contributed by atoms with Gasteiger partial charge in [0.05, 0.1) is 11.8 Å². The highest BCUT2D eigenvalue weighted by Gasteiger charge is 2.37. The second kappa shape index (κ2) is 6.65. The molecule has 0 saturated carbocycles. The third-order valence-corrected chi connectivity index (χ3v) is 5.70. The molecule has 1 amide bonds. The van der Waals surface area contributed by atoms with E-state index in [9.17, 15) is 9.18 Å². The molecular weight excluding hydrogens is 361 g/mol. The van der Waals surface area contributed by atoms with Crippen molar-refractivity contribution in [1.29, 1.82) is 0 Å². The molecule has 128 valence electrons. The second-order valence-corrected chi connectivity index (χ2v) is 7.65. The number of hydrogen-bond donors (Lipinski definition) is 0. The third-order valence-electron chi connectivity index (χ3n) is 4.12. The van der Waals surface area contributed by atoms with Crippen molar-refractivity contribution in [3.63, 3.8) is 0 Å². The SMILES string of the molecule is O=C1[C@@H](Cc2ccc3c(c2)OCO3)SC(=S)N1Cc1ccc(F)cc1. The number of hydrogen-bond acceptors (Lipinski definition) is 5. The van der Waals surface area contributed by atoms with Crippen molar-refractivity contribution >= 4 is 34.2 Å². The predicted molar refractivity (Wildman–Crippen MR) is 97.2 cm³/mol. The molecule has 7 heteroatoms. The number of fused-ring (bicyclic) bond motifs is 1. The largest absolute Gasteiger partial charge is 0.454 e. The molecule has 0 unspecified atom stereocenters. The molecule has 0 aromatic heterocycles. The molecule has 4 nitrogen and oxygen atoms in total. The number of benzene rings is 2. The van der Waals surface area contributed by atoms with Gasteiger partial charge in [0.2, 0.25) is 12.7 Å². The monoisotopic (exact) mass is 375 g/mol. The van der Waals surface area contributed by atoms with E-state index in [1.165, 1.54) is 23.9 Å².